The van der Waals surface area contributed by atoms with Crippen LogP contribution in [0.15, 0.2) is 29.2 Å². The highest BCUT2D eigenvalue weighted by Gasteiger charge is 2.12. The SMILES string of the molecule is Cc1ccc(S(=O)(=O)NCCC(C)C)cc1. The van der Waals surface area contributed by atoms with Crippen molar-refractivity contribution in [3.8, 4) is 0 Å². The number of aryl methyl sites for hydroxylation is 1. The summed E-state index contributed by atoms with van der Waals surface area (Å²) in [6.45, 7) is 6.57. The van der Waals surface area contributed by atoms with Gasteiger partial charge in [-0.2, -0.15) is 0 Å². The van der Waals surface area contributed by atoms with Crippen molar-refractivity contribution in [2.24, 2.45) is 5.92 Å². The van der Waals surface area contributed by atoms with E-state index in [-0.39, 0.29) is 0 Å². The van der Waals surface area contributed by atoms with Crippen molar-refractivity contribution in [2.75, 3.05) is 6.54 Å². The Morgan fingerprint density at radius 2 is 1.75 bits per heavy atom. The van der Waals surface area contributed by atoms with Crippen molar-refractivity contribution in [1.82, 2.24) is 4.72 Å². The van der Waals surface area contributed by atoms with E-state index >= 15 is 0 Å². The molecule has 0 spiro atoms. The van der Waals surface area contributed by atoms with Gasteiger partial charge in [-0.25, -0.2) is 13.1 Å². The van der Waals surface area contributed by atoms with Gasteiger partial charge < -0.3 is 0 Å². The summed E-state index contributed by atoms with van der Waals surface area (Å²) < 4.78 is 26.2. The molecule has 0 heterocycles. The third kappa shape index (κ3) is 3.94. The first-order valence-corrected chi connectivity index (χ1v) is 6.96. The fourth-order valence-electron chi connectivity index (χ4n) is 1.28. The maximum absolute atomic E-state index is 11.8. The van der Waals surface area contributed by atoms with Crippen LogP contribution >= 0.6 is 0 Å². The van der Waals surface area contributed by atoms with Gasteiger partial charge in [-0.3, -0.25) is 0 Å². The van der Waals surface area contributed by atoms with Crippen LogP contribution in [0.3, 0.4) is 0 Å². The maximum Gasteiger partial charge on any atom is 0.240 e. The summed E-state index contributed by atoms with van der Waals surface area (Å²) in [6, 6.07) is 6.87. The van der Waals surface area contributed by atoms with Gasteiger partial charge in [0.15, 0.2) is 0 Å². The van der Waals surface area contributed by atoms with Crippen molar-refractivity contribution >= 4 is 10.0 Å². The topological polar surface area (TPSA) is 46.2 Å². The number of hydrogen-bond donors (Lipinski definition) is 1. The van der Waals surface area contributed by atoms with E-state index in [2.05, 4.69) is 18.6 Å². The van der Waals surface area contributed by atoms with Crippen LogP contribution in [-0.4, -0.2) is 15.0 Å². The van der Waals surface area contributed by atoms with Gasteiger partial charge >= 0.3 is 0 Å². The summed E-state index contributed by atoms with van der Waals surface area (Å²) in [4.78, 5) is 0.335. The molecule has 0 aliphatic heterocycles. The Bertz CT molecular complexity index is 421. The van der Waals surface area contributed by atoms with Gasteiger partial charge in [0.1, 0.15) is 0 Å². The highest BCUT2D eigenvalue weighted by molar-refractivity contribution is 7.89. The highest BCUT2D eigenvalue weighted by Crippen LogP contribution is 2.10. The molecule has 0 saturated carbocycles. The second-order valence-electron chi connectivity index (χ2n) is 4.39. The van der Waals surface area contributed by atoms with Gasteiger partial charge in [0, 0.05) is 6.54 Å². The summed E-state index contributed by atoms with van der Waals surface area (Å²) in [5, 5.41) is 0. The molecule has 1 aromatic carbocycles. The van der Waals surface area contributed by atoms with Gasteiger partial charge in [0.2, 0.25) is 10.0 Å². The lowest BCUT2D eigenvalue weighted by atomic mass is 10.1. The fraction of sp³-hybridized carbons (Fsp3) is 0.500. The summed E-state index contributed by atoms with van der Waals surface area (Å²) in [5.74, 6) is 0.501. The van der Waals surface area contributed by atoms with E-state index in [0.29, 0.717) is 17.4 Å². The van der Waals surface area contributed by atoms with Gasteiger partial charge in [0.05, 0.1) is 4.90 Å². The van der Waals surface area contributed by atoms with Crippen LogP contribution in [0.5, 0.6) is 0 Å². The minimum atomic E-state index is -3.32. The molecule has 0 unspecified atom stereocenters. The largest absolute Gasteiger partial charge is 0.240 e. The molecule has 0 amide bonds. The average Bonchev–Trinajstić information content (AvgIpc) is 2.17. The normalized spacial score (nSPS) is 12.0. The van der Waals surface area contributed by atoms with E-state index in [1.54, 1.807) is 24.3 Å². The van der Waals surface area contributed by atoms with E-state index in [1.807, 2.05) is 6.92 Å². The molecule has 0 radical (unpaired) electrons. The van der Waals surface area contributed by atoms with Crippen LogP contribution in [0.2, 0.25) is 0 Å². The zero-order valence-corrected chi connectivity index (χ0v) is 10.8. The molecule has 1 N–H and O–H groups in total. The van der Waals surface area contributed by atoms with Gasteiger partial charge in [-0.05, 0) is 31.4 Å². The maximum atomic E-state index is 11.8. The molecule has 90 valence electrons. The quantitative estimate of drug-likeness (QED) is 0.860. The van der Waals surface area contributed by atoms with Crippen LogP contribution < -0.4 is 4.72 Å². The predicted octanol–water partition coefficient (Wildman–Crippen LogP) is 2.32. The van der Waals surface area contributed by atoms with Gasteiger partial charge in [0.25, 0.3) is 0 Å². The standard InChI is InChI=1S/C12H19NO2S/c1-10(2)8-9-13-16(14,15)12-6-4-11(3)5-7-12/h4-7,10,13H,8-9H2,1-3H3. The minimum absolute atomic E-state index is 0.335. The Balaban J connectivity index is 2.67. The molecule has 1 rings (SSSR count). The third-order valence-electron chi connectivity index (χ3n) is 2.35. The Morgan fingerprint density at radius 3 is 2.25 bits per heavy atom. The van der Waals surface area contributed by atoms with E-state index in [0.717, 1.165) is 12.0 Å². The summed E-state index contributed by atoms with van der Waals surface area (Å²) in [6.07, 6.45) is 0.852. The second-order valence-corrected chi connectivity index (χ2v) is 6.16. The predicted molar refractivity (Wildman–Crippen MR) is 65.8 cm³/mol. The monoisotopic (exact) mass is 241 g/mol. The van der Waals surface area contributed by atoms with Crippen LogP contribution in [-0.2, 0) is 10.0 Å². The molecule has 0 bridgehead atoms. The van der Waals surface area contributed by atoms with E-state index in [4.69, 9.17) is 0 Å². The lowest BCUT2D eigenvalue weighted by molar-refractivity contribution is 0.551. The zero-order valence-electron chi connectivity index (χ0n) is 10.0. The lowest BCUT2D eigenvalue weighted by Crippen LogP contribution is -2.25. The third-order valence-corrected chi connectivity index (χ3v) is 3.82. The number of rotatable bonds is 5. The first kappa shape index (κ1) is 13.2. The second kappa shape index (κ2) is 5.46. The van der Waals surface area contributed by atoms with Gasteiger partial charge in [-0.1, -0.05) is 31.5 Å². The lowest BCUT2D eigenvalue weighted by Gasteiger charge is -2.08. The van der Waals surface area contributed by atoms with Crippen molar-refractivity contribution in [2.45, 2.75) is 32.1 Å². The first-order chi connectivity index (χ1) is 7.42. The molecule has 0 atom stereocenters. The fourth-order valence-corrected chi connectivity index (χ4v) is 2.33. The molecule has 3 nitrogen and oxygen atoms in total. The van der Waals surface area contributed by atoms with Crippen molar-refractivity contribution < 1.29 is 8.42 Å². The highest BCUT2D eigenvalue weighted by atomic mass is 32.2. The van der Waals surface area contributed by atoms with Crippen LogP contribution in [0, 0.1) is 12.8 Å². The molecule has 0 saturated heterocycles. The summed E-state index contributed by atoms with van der Waals surface area (Å²) in [5.41, 5.74) is 1.06. The van der Waals surface area contributed by atoms with Gasteiger partial charge in [-0.15, -0.1) is 0 Å². The Kier molecular flexibility index (Phi) is 4.50. The number of hydrogen-bond acceptors (Lipinski definition) is 2. The average molecular weight is 241 g/mol. The molecule has 0 aliphatic carbocycles. The molecule has 16 heavy (non-hydrogen) atoms. The van der Waals surface area contributed by atoms with Crippen LogP contribution in [0.4, 0.5) is 0 Å². The first-order valence-electron chi connectivity index (χ1n) is 5.48. The minimum Gasteiger partial charge on any atom is -0.211 e. The van der Waals surface area contributed by atoms with E-state index in [9.17, 15) is 8.42 Å². The molecule has 0 aliphatic rings. The zero-order chi connectivity index (χ0) is 12.2. The van der Waals surface area contributed by atoms with Crippen molar-refractivity contribution in [3.63, 3.8) is 0 Å². The smallest absolute Gasteiger partial charge is 0.211 e. The number of nitrogens with one attached hydrogen (secondary N) is 1. The summed E-state index contributed by atoms with van der Waals surface area (Å²) in [7, 11) is -3.32. The molecular weight excluding hydrogens is 222 g/mol. The van der Waals surface area contributed by atoms with Crippen molar-refractivity contribution in [3.05, 3.63) is 29.8 Å². The number of benzene rings is 1. The molecular formula is C12H19NO2S. The van der Waals surface area contributed by atoms with E-state index < -0.39 is 10.0 Å². The molecule has 4 heteroatoms. The summed E-state index contributed by atoms with van der Waals surface area (Å²) >= 11 is 0. The van der Waals surface area contributed by atoms with Crippen molar-refractivity contribution in [1.29, 1.82) is 0 Å². The Hall–Kier alpha value is -0.870. The van der Waals surface area contributed by atoms with E-state index in [1.165, 1.54) is 0 Å². The number of sulfonamides is 1. The molecule has 0 fully saturated rings. The van der Waals surface area contributed by atoms with Crippen LogP contribution in [0.25, 0.3) is 0 Å². The van der Waals surface area contributed by atoms with Crippen LogP contribution in [0.1, 0.15) is 25.8 Å². The Labute approximate surface area is 97.9 Å². The molecule has 1 aromatic rings. The molecule has 0 aromatic heterocycles. The Morgan fingerprint density at radius 1 is 1.19 bits per heavy atom.